The molecule has 0 amide bonds. The monoisotopic (exact) mass is 286 g/mol. The maximum Gasteiger partial charge on any atom is 0.0897 e. The van der Waals surface area contributed by atoms with Crippen molar-refractivity contribution in [3.05, 3.63) is 16.1 Å². The van der Waals surface area contributed by atoms with Crippen LogP contribution in [0.2, 0.25) is 0 Å². The molecule has 0 bridgehead atoms. The number of hydrogen-bond acceptors (Lipinski definition) is 6. The zero-order valence-corrected chi connectivity index (χ0v) is 12.1. The van der Waals surface area contributed by atoms with E-state index in [9.17, 15) is 5.11 Å². The van der Waals surface area contributed by atoms with Gasteiger partial charge in [-0.05, 0) is 19.8 Å². The predicted octanol–water partition coefficient (Wildman–Crippen LogP) is 1.10. The molecule has 1 fully saturated rings. The largest absolute Gasteiger partial charge is 0.389 e. The lowest BCUT2D eigenvalue weighted by Gasteiger charge is -2.14. The number of thiazole rings is 1. The van der Waals surface area contributed by atoms with Gasteiger partial charge in [-0.2, -0.15) is 0 Å². The van der Waals surface area contributed by atoms with E-state index in [0.29, 0.717) is 26.3 Å². The third kappa shape index (κ3) is 5.54. The number of rotatable bonds is 8. The predicted molar refractivity (Wildman–Crippen MR) is 74.4 cm³/mol. The van der Waals surface area contributed by atoms with E-state index in [4.69, 9.17) is 9.47 Å². The van der Waals surface area contributed by atoms with Gasteiger partial charge in [-0.3, -0.25) is 0 Å². The molecule has 2 heterocycles. The molecule has 2 N–H and O–H groups in total. The zero-order valence-electron chi connectivity index (χ0n) is 11.3. The minimum absolute atomic E-state index is 0.221. The number of aryl methyl sites for hydroxylation is 1. The van der Waals surface area contributed by atoms with Crippen molar-refractivity contribution in [2.45, 2.75) is 38.5 Å². The van der Waals surface area contributed by atoms with Gasteiger partial charge in [-0.1, -0.05) is 0 Å². The first-order chi connectivity index (χ1) is 9.24. The minimum Gasteiger partial charge on any atom is -0.389 e. The smallest absolute Gasteiger partial charge is 0.0897 e. The summed E-state index contributed by atoms with van der Waals surface area (Å²) in [5, 5.41) is 16.0. The zero-order chi connectivity index (χ0) is 13.5. The third-order valence-corrected chi connectivity index (χ3v) is 3.81. The van der Waals surface area contributed by atoms with Crippen molar-refractivity contribution in [1.29, 1.82) is 0 Å². The Kier molecular flexibility index (Phi) is 6.19. The summed E-state index contributed by atoms with van der Waals surface area (Å²) in [5.74, 6) is 0. The van der Waals surface area contributed by atoms with Gasteiger partial charge < -0.3 is 19.9 Å². The Balaban J connectivity index is 1.50. The molecule has 1 saturated heterocycles. The molecule has 108 valence electrons. The first-order valence-electron chi connectivity index (χ1n) is 6.73. The quantitative estimate of drug-likeness (QED) is 0.749. The number of nitrogens with one attached hydrogen (secondary N) is 1. The highest BCUT2D eigenvalue weighted by Gasteiger charge is 2.16. The van der Waals surface area contributed by atoms with Crippen LogP contribution in [0.25, 0.3) is 0 Å². The number of nitrogens with zero attached hydrogens (tertiary/aromatic N) is 1. The Morgan fingerprint density at radius 1 is 1.68 bits per heavy atom. The summed E-state index contributed by atoms with van der Waals surface area (Å²) in [4.78, 5) is 4.35. The molecule has 1 aromatic rings. The highest BCUT2D eigenvalue weighted by Crippen LogP contribution is 2.12. The van der Waals surface area contributed by atoms with Gasteiger partial charge in [0.05, 0.1) is 36.1 Å². The van der Waals surface area contributed by atoms with Crippen LogP contribution in [-0.2, 0) is 16.0 Å². The van der Waals surface area contributed by atoms with Gasteiger partial charge >= 0.3 is 0 Å². The SMILES string of the molecule is Cc1nc(CNCC(O)COCC2CCCO2)cs1. The molecule has 0 aliphatic carbocycles. The van der Waals surface area contributed by atoms with Crippen LogP contribution in [-0.4, -0.2) is 48.7 Å². The molecule has 1 aromatic heterocycles. The number of aliphatic hydroxyl groups excluding tert-OH is 1. The second-order valence-electron chi connectivity index (χ2n) is 4.82. The van der Waals surface area contributed by atoms with Gasteiger partial charge in [0.15, 0.2) is 0 Å². The Labute approximate surface area is 118 Å². The van der Waals surface area contributed by atoms with Crippen molar-refractivity contribution >= 4 is 11.3 Å². The molecule has 0 spiro atoms. The molecule has 1 aliphatic heterocycles. The van der Waals surface area contributed by atoms with Gasteiger partial charge in [0.25, 0.3) is 0 Å². The Morgan fingerprint density at radius 2 is 2.58 bits per heavy atom. The molecule has 19 heavy (non-hydrogen) atoms. The van der Waals surface area contributed by atoms with E-state index in [0.717, 1.165) is 30.2 Å². The molecule has 0 saturated carbocycles. The molecule has 2 atom stereocenters. The number of aliphatic hydroxyl groups is 1. The van der Waals surface area contributed by atoms with Crippen molar-refractivity contribution in [1.82, 2.24) is 10.3 Å². The van der Waals surface area contributed by atoms with Crippen LogP contribution in [0.3, 0.4) is 0 Å². The van der Waals surface area contributed by atoms with Crippen molar-refractivity contribution in [2.75, 3.05) is 26.4 Å². The lowest BCUT2D eigenvalue weighted by atomic mass is 10.2. The standard InChI is InChI=1S/C13H22N2O3S/c1-10-15-11(9-19-10)5-14-6-12(16)7-17-8-13-3-2-4-18-13/h9,12-14,16H,2-8H2,1H3. The molecule has 0 radical (unpaired) electrons. The topological polar surface area (TPSA) is 63.6 Å². The highest BCUT2D eigenvalue weighted by molar-refractivity contribution is 7.09. The number of ether oxygens (including phenoxy) is 2. The van der Waals surface area contributed by atoms with E-state index in [1.54, 1.807) is 11.3 Å². The molecule has 0 aromatic carbocycles. The summed E-state index contributed by atoms with van der Waals surface area (Å²) in [6.45, 7) is 4.97. The van der Waals surface area contributed by atoms with Crippen LogP contribution >= 0.6 is 11.3 Å². The molecule has 2 unspecified atom stereocenters. The van der Waals surface area contributed by atoms with Crippen molar-refractivity contribution < 1.29 is 14.6 Å². The van der Waals surface area contributed by atoms with Gasteiger partial charge in [-0.25, -0.2) is 4.98 Å². The first-order valence-corrected chi connectivity index (χ1v) is 7.61. The maximum atomic E-state index is 9.76. The van der Waals surface area contributed by atoms with Crippen LogP contribution in [0.4, 0.5) is 0 Å². The second kappa shape index (κ2) is 7.91. The number of hydrogen-bond donors (Lipinski definition) is 2. The van der Waals surface area contributed by atoms with Crippen molar-refractivity contribution in [3.63, 3.8) is 0 Å². The normalized spacial score (nSPS) is 20.8. The molecular weight excluding hydrogens is 264 g/mol. The summed E-state index contributed by atoms with van der Waals surface area (Å²) in [6.07, 6.45) is 1.92. The molecular formula is C13H22N2O3S. The molecule has 5 nitrogen and oxygen atoms in total. The molecule has 1 aliphatic rings. The van der Waals surface area contributed by atoms with Crippen molar-refractivity contribution in [3.8, 4) is 0 Å². The molecule has 6 heteroatoms. The van der Waals surface area contributed by atoms with E-state index in [-0.39, 0.29) is 6.10 Å². The van der Waals surface area contributed by atoms with E-state index >= 15 is 0 Å². The van der Waals surface area contributed by atoms with Gasteiger partial charge in [0, 0.05) is 25.1 Å². The van der Waals surface area contributed by atoms with Crippen LogP contribution in [0.15, 0.2) is 5.38 Å². The Hall–Kier alpha value is -0.530. The number of aromatic nitrogens is 1. The second-order valence-corrected chi connectivity index (χ2v) is 5.88. The average Bonchev–Trinajstić information content (AvgIpc) is 3.01. The fourth-order valence-electron chi connectivity index (χ4n) is 2.03. The summed E-state index contributed by atoms with van der Waals surface area (Å²) < 4.78 is 10.9. The summed E-state index contributed by atoms with van der Waals surface area (Å²) in [7, 11) is 0. The van der Waals surface area contributed by atoms with Crippen LogP contribution in [0.1, 0.15) is 23.5 Å². The third-order valence-electron chi connectivity index (χ3n) is 2.99. The van der Waals surface area contributed by atoms with E-state index < -0.39 is 6.10 Å². The Morgan fingerprint density at radius 3 is 3.26 bits per heavy atom. The fraction of sp³-hybridized carbons (Fsp3) is 0.769. The molecule has 2 rings (SSSR count). The average molecular weight is 286 g/mol. The van der Waals surface area contributed by atoms with Crippen LogP contribution < -0.4 is 5.32 Å². The summed E-state index contributed by atoms with van der Waals surface area (Å²) >= 11 is 1.64. The fourth-order valence-corrected chi connectivity index (χ4v) is 2.64. The lowest BCUT2D eigenvalue weighted by Crippen LogP contribution is -2.31. The van der Waals surface area contributed by atoms with E-state index in [1.807, 2.05) is 12.3 Å². The van der Waals surface area contributed by atoms with E-state index in [2.05, 4.69) is 10.3 Å². The van der Waals surface area contributed by atoms with Crippen molar-refractivity contribution in [2.24, 2.45) is 0 Å². The van der Waals surface area contributed by atoms with Gasteiger partial charge in [0.1, 0.15) is 0 Å². The van der Waals surface area contributed by atoms with Crippen LogP contribution in [0, 0.1) is 6.92 Å². The maximum absolute atomic E-state index is 9.76. The van der Waals surface area contributed by atoms with E-state index in [1.165, 1.54) is 0 Å². The Bertz CT molecular complexity index is 367. The highest BCUT2D eigenvalue weighted by atomic mass is 32.1. The first kappa shape index (κ1) is 14.9. The van der Waals surface area contributed by atoms with Gasteiger partial charge in [0.2, 0.25) is 0 Å². The summed E-state index contributed by atoms with van der Waals surface area (Å²) in [6, 6.07) is 0. The minimum atomic E-state index is -0.485. The summed E-state index contributed by atoms with van der Waals surface area (Å²) in [5.41, 5.74) is 1.02. The van der Waals surface area contributed by atoms with Gasteiger partial charge in [-0.15, -0.1) is 11.3 Å². The lowest BCUT2D eigenvalue weighted by molar-refractivity contribution is -0.0164. The van der Waals surface area contributed by atoms with Crippen LogP contribution in [0.5, 0.6) is 0 Å².